The standard InChI is InChI=1S/C12H11ClOS2/c1-3-8-4-5-15-11(8)10(14)9-6-7(2)12(13)16-9/h4-6H,3H2,1-2H3. The Bertz CT molecular complexity index is 505. The average Bonchev–Trinajstić information content (AvgIpc) is 2.85. The van der Waals surface area contributed by atoms with Crippen molar-refractivity contribution in [3.05, 3.63) is 42.7 Å². The third-order valence-electron chi connectivity index (χ3n) is 2.41. The minimum absolute atomic E-state index is 0.104. The van der Waals surface area contributed by atoms with Gasteiger partial charge in [0.15, 0.2) is 0 Å². The number of rotatable bonds is 3. The van der Waals surface area contributed by atoms with Crippen LogP contribution in [-0.2, 0) is 6.42 Å². The first-order chi connectivity index (χ1) is 7.63. The molecule has 0 unspecified atom stereocenters. The summed E-state index contributed by atoms with van der Waals surface area (Å²) in [6.45, 7) is 3.98. The van der Waals surface area contributed by atoms with E-state index < -0.39 is 0 Å². The Hall–Kier alpha value is -0.640. The molecule has 2 aromatic heterocycles. The fourth-order valence-corrected chi connectivity index (χ4v) is 3.66. The predicted molar refractivity (Wildman–Crippen MR) is 71.2 cm³/mol. The van der Waals surface area contributed by atoms with Gasteiger partial charge in [0.05, 0.1) is 14.1 Å². The molecule has 0 aromatic carbocycles. The van der Waals surface area contributed by atoms with Crippen LogP contribution in [0.4, 0.5) is 0 Å². The molecular formula is C12H11ClOS2. The molecule has 0 aliphatic rings. The van der Waals surface area contributed by atoms with E-state index in [0.29, 0.717) is 4.34 Å². The topological polar surface area (TPSA) is 17.1 Å². The summed E-state index contributed by atoms with van der Waals surface area (Å²) in [6, 6.07) is 3.88. The first-order valence-corrected chi connectivity index (χ1v) is 7.08. The maximum Gasteiger partial charge on any atom is 0.213 e. The fourth-order valence-electron chi connectivity index (χ4n) is 1.50. The van der Waals surface area contributed by atoms with Gasteiger partial charge in [-0.15, -0.1) is 22.7 Å². The Morgan fingerprint density at radius 1 is 1.50 bits per heavy atom. The molecule has 4 heteroatoms. The highest BCUT2D eigenvalue weighted by atomic mass is 35.5. The summed E-state index contributed by atoms with van der Waals surface area (Å²) < 4.78 is 0.706. The van der Waals surface area contributed by atoms with E-state index in [-0.39, 0.29) is 5.78 Å². The number of halogens is 1. The number of carbonyl (C=O) groups excluding carboxylic acids is 1. The van der Waals surface area contributed by atoms with Gasteiger partial charge in [-0.1, -0.05) is 18.5 Å². The first-order valence-electron chi connectivity index (χ1n) is 5.00. The van der Waals surface area contributed by atoms with E-state index in [0.717, 1.165) is 27.3 Å². The lowest BCUT2D eigenvalue weighted by molar-refractivity contribution is 0.104. The van der Waals surface area contributed by atoms with Gasteiger partial charge in [-0.25, -0.2) is 0 Å². The van der Waals surface area contributed by atoms with Crippen molar-refractivity contribution < 1.29 is 4.79 Å². The van der Waals surface area contributed by atoms with Gasteiger partial charge in [0.1, 0.15) is 0 Å². The second-order valence-electron chi connectivity index (χ2n) is 3.53. The molecule has 0 radical (unpaired) electrons. The molecule has 0 atom stereocenters. The highest BCUT2D eigenvalue weighted by molar-refractivity contribution is 7.19. The van der Waals surface area contributed by atoms with Gasteiger partial charge in [-0.2, -0.15) is 0 Å². The van der Waals surface area contributed by atoms with Crippen molar-refractivity contribution in [2.45, 2.75) is 20.3 Å². The summed E-state index contributed by atoms with van der Waals surface area (Å²) >= 11 is 8.85. The molecule has 0 bridgehead atoms. The van der Waals surface area contributed by atoms with Crippen LogP contribution in [0, 0.1) is 6.92 Å². The summed E-state index contributed by atoms with van der Waals surface area (Å²) in [4.78, 5) is 13.8. The van der Waals surface area contributed by atoms with Gasteiger partial charge in [-0.05, 0) is 42.0 Å². The second kappa shape index (κ2) is 4.70. The van der Waals surface area contributed by atoms with Gasteiger partial charge in [-0.3, -0.25) is 4.79 Å². The van der Waals surface area contributed by atoms with Gasteiger partial charge < -0.3 is 0 Å². The molecule has 0 saturated carbocycles. The number of ketones is 1. The molecule has 0 saturated heterocycles. The Kier molecular flexibility index (Phi) is 3.47. The van der Waals surface area contributed by atoms with Gasteiger partial charge >= 0.3 is 0 Å². The van der Waals surface area contributed by atoms with Crippen molar-refractivity contribution in [2.24, 2.45) is 0 Å². The van der Waals surface area contributed by atoms with Crippen LogP contribution in [0.15, 0.2) is 17.5 Å². The minimum Gasteiger partial charge on any atom is -0.287 e. The fraction of sp³-hybridized carbons (Fsp3) is 0.250. The van der Waals surface area contributed by atoms with Crippen molar-refractivity contribution in [2.75, 3.05) is 0 Å². The van der Waals surface area contributed by atoms with Crippen LogP contribution in [0.25, 0.3) is 0 Å². The maximum absolute atomic E-state index is 12.2. The summed E-state index contributed by atoms with van der Waals surface area (Å²) in [6.07, 6.45) is 0.892. The number of carbonyl (C=O) groups is 1. The van der Waals surface area contributed by atoms with Crippen LogP contribution in [0.2, 0.25) is 4.34 Å². The van der Waals surface area contributed by atoms with Gasteiger partial charge in [0.25, 0.3) is 0 Å². The molecule has 0 spiro atoms. The van der Waals surface area contributed by atoms with Crippen molar-refractivity contribution in [3.8, 4) is 0 Å². The summed E-state index contributed by atoms with van der Waals surface area (Å²) in [7, 11) is 0. The Balaban J connectivity index is 2.39. The highest BCUT2D eigenvalue weighted by Crippen LogP contribution is 2.30. The predicted octanol–water partition coefficient (Wildman–Crippen LogP) is 4.56. The zero-order valence-electron chi connectivity index (χ0n) is 9.04. The molecular weight excluding hydrogens is 260 g/mol. The molecule has 1 nitrogen and oxygen atoms in total. The number of hydrogen-bond donors (Lipinski definition) is 0. The summed E-state index contributed by atoms with van der Waals surface area (Å²) in [5.74, 6) is 0.104. The number of aryl methyl sites for hydroxylation is 2. The quantitative estimate of drug-likeness (QED) is 0.747. The number of hydrogen-bond acceptors (Lipinski definition) is 3. The van der Waals surface area contributed by atoms with Crippen LogP contribution in [-0.4, -0.2) is 5.78 Å². The van der Waals surface area contributed by atoms with E-state index in [1.165, 1.54) is 22.7 Å². The molecule has 16 heavy (non-hydrogen) atoms. The smallest absolute Gasteiger partial charge is 0.213 e. The molecule has 2 rings (SSSR count). The largest absolute Gasteiger partial charge is 0.287 e. The minimum atomic E-state index is 0.104. The van der Waals surface area contributed by atoms with E-state index in [1.807, 2.05) is 24.4 Å². The molecule has 2 heterocycles. The lowest BCUT2D eigenvalue weighted by atomic mass is 10.1. The molecule has 2 aromatic rings. The van der Waals surface area contributed by atoms with E-state index in [1.54, 1.807) is 0 Å². The Morgan fingerprint density at radius 3 is 2.81 bits per heavy atom. The molecule has 0 N–H and O–H groups in total. The van der Waals surface area contributed by atoms with Crippen LogP contribution < -0.4 is 0 Å². The monoisotopic (exact) mass is 270 g/mol. The molecule has 84 valence electrons. The highest BCUT2D eigenvalue weighted by Gasteiger charge is 2.17. The van der Waals surface area contributed by atoms with Crippen LogP contribution in [0.5, 0.6) is 0 Å². The van der Waals surface area contributed by atoms with Crippen molar-refractivity contribution in [3.63, 3.8) is 0 Å². The third-order valence-corrected chi connectivity index (χ3v) is 4.92. The van der Waals surface area contributed by atoms with Crippen LogP contribution >= 0.6 is 34.3 Å². The lowest BCUT2D eigenvalue weighted by Gasteiger charge is -1.97. The normalized spacial score (nSPS) is 10.7. The van der Waals surface area contributed by atoms with E-state index >= 15 is 0 Å². The molecule has 0 aliphatic heterocycles. The number of thiophene rings is 2. The van der Waals surface area contributed by atoms with E-state index in [4.69, 9.17) is 11.6 Å². The maximum atomic E-state index is 12.2. The zero-order chi connectivity index (χ0) is 11.7. The van der Waals surface area contributed by atoms with Crippen molar-refractivity contribution >= 4 is 40.1 Å². The van der Waals surface area contributed by atoms with Crippen LogP contribution in [0.1, 0.15) is 32.6 Å². The summed E-state index contributed by atoms with van der Waals surface area (Å²) in [5, 5.41) is 1.97. The van der Waals surface area contributed by atoms with Crippen molar-refractivity contribution in [1.82, 2.24) is 0 Å². The Labute approximate surface area is 108 Å². The van der Waals surface area contributed by atoms with Gasteiger partial charge in [0, 0.05) is 0 Å². The van der Waals surface area contributed by atoms with Crippen LogP contribution in [0.3, 0.4) is 0 Å². The summed E-state index contributed by atoms with van der Waals surface area (Å²) in [5.41, 5.74) is 2.10. The molecule has 0 amide bonds. The van der Waals surface area contributed by atoms with E-state index in [9.17, 15) is 4.79 Å². The zero-order valence-corrected chi connectivity index (χ0v) is 11.4. The lowest BCUT2D eigenvalue weighted by Crippen LogP contribution is -1.98. The average molecular weight is 271 g/mol. The Morgan fingerprint density at radius 2 is 2.25 bits per heavy atom. The SMILES string of the molecule is CCc1ccsc1C(=O)c1cc(C)c(Cl)s1. The third kappa shape index (κ3) is 2.08. The van der Waals surface area contributed by atoms with E-state index in [2.05, 4.69) is 6.92 Å². The molecule has 0 fully saturated rings. The first kappa shape index (κ1) is 11.8. The molecule has 0 aliphatic carbocycles. The second-order valence-corrected chi connectivity index (χ2v) is 6.10. The van der Waals surface area contributed by atoms with Crippen molar-refractivity contribution in [1.29, 1.82) is 0 Å². The van der Waals surface area contributed by atoms with Gasteiger partial charge in [0.2, 0.25) is 5.78 Å².